The number of nitrogens with zero attached hydrogens (tertiary/aromatic N) is 1. The molecule has 0 aromatic heterocycles. The van der Waals surface area contributed by atoms with Crippen molar-refractivity contribution < 1.29 is 38.4 Å². The third-order valence-corrected chi connectivity index (χ3v) is 7.91. The Bertz CT molecular complexity index is 1050. The predicted molar refractivity (Wildman–Crippen MR) is 124 cm³/mol. The summed E-state index contributed by atoms with van der Waals surface area (Å²) >= 11 is 0. The van der Waals surface area contributed by atoms with Crippen LogP contribution in [0.3, 0.4) is 0 Å². The van der Waals surface area contributed by atoms with Crippen molar-refractivity contribution in [2.45, 2.75) is 68.6 Å². The molecule has 1 aromatic carbocycles. The first-order chi connectivity index (χ1) is 16.8. The Morgan fingerprint density at radius 1 is 1.23 bits per heavy atom. The first kappa shape index (κ1) is 23.9. The maximum absolute atomic E-state index is 13.5. The molecule has 1 N–H and O–H groups in total. The number of methoxy groups -OCH3 is 2. The maximum Gasteiger partial charge on any atom is 0.339 e. The third kappa shape index (κ3) is 3.85. The van der Waals surface area contributed by atoms with Gasteiger partial charge in [0.2, 0.25) is 6.79 Å². The van der Waals surface area contributed by atoms with E-state index < -0.39 is 30.1 Å². The molecule has 5 rings (SSSR count). The molecule has 3 aliphatic heterocycles. The molecular weight excluding hydrogens is 454 g/mol. The quantitative estimate of drug-likeness (QED) is 0.581. The molecule has 0 saturated carbocycles. The summed E-state index contributed by atoms with van der Waals surface area (Å²) in [5.41, 5.74) is -0.195. The van der Waals surface area contributed by atoms with Crippen molar-refractivity contribution in [3.63, 3.8) is 0 Å². The number of fused-ring (bicyclic) bond motifs is 3. The number of hydrogen-bond donors (Lipinski definition) is 1. The van der Waals surface area contributed by atoms with Gasteiger partial charge in [-0.3, -0.25) is 9.69 Å². The normalized spacial score (nSPS) is 28.2. The van der Waals surface area contributed by atoms with Gasteiger partial charge in [-0.05, 0) is 61.6 Å². The highest BCUT2D eigenvalue weighted by Gasteiger charge is 2.59. The zero-order chi connectivity index (χ0) is 24.8. The fourth-order valence-electron chi connectivity index (χ4n) is 6.31. The van der Waals surface area contributed by atoms with Crippen molar-refractivity contribution in [3.05, 3.63) is 35.1 Å². The molecule has 9 heteroatoms. The summed E-state index contributed by atoms with van der Waals surface area (Å²) in [7, 11) is 2.80. The molecule has 190 valence electrons. The van der Waals surface area contributed by atoms with Gasteiger partial charge in [-0.1, -0.05) is 13.3 Å². The van der Waals surface area contributed by atoms with Gasteiger partial charge in [0, 0.05) is 6.54 Å². The maximum atomic E-state index is 13.5. The Morgan fingerprint density at radius 2 is 2.00 bits per heavy atom. The standard InChI is InChI=1S/C26H33NO8/c1-4-7-26(30,14-21(28)32-3)24(29)35-23-20(31-2)13-25-8-5-9-27(25)10-6-16-11-18-19(34-15-33-18)12-17(16)22(23)25/h11-13,22-23,30H,4-10,14-15H2,1-3H3/t22-,23-,25?,26?/m1/s1. The van der Waals surface area contributed by atoms with Crippen LogP contribution in [0, 0.1) is 0 Å². The average molecular weight is 488 g/mol. The van der Waals surface area contributed by atoms with Gasteiger partial charge in [-0.2, -0.15) is 0 Å². The van der Waals surface area contributed by atoms with Crippen LogP contribution in [0.25, 0.3) is 0 Å². The van der Waals surface area contributed by atoms with Crippen LogP contribution in [0.4, 0.5) is 0 Å². The molecule has 1 spiro atoms. The van der Waals surface area contributed by atoms with Crippen LogP contribution in [0.15, 0.2) is 24.0 Å². The number of rotatable bonds is 7. The molecule has 0 radical (unpaired) electrons. The molecule has 0 bridgehead atoms. The van der Waals surface area contributed by atoms with E-state index in [2.05, 4.69) is 11.0 Å². The topological polar surface area (TPSA) is 104 Å². The molecule has 2 unspecified atom stereocenters. The minimum Gasteiger partial charge on any atom is -0.497 e. The molecule has 4 aliphatic rings. The van der Waals surface area contributed by atoms with Gasteiger partial charge in [-0.25, -0.2) is 4.79 Å². The summed E-state index contributed by atoms with van der Waals surface area (Å²) in [6, 6.07) is 4.04. The predicted octanol–water partition coefficient (Wildman–Crippen LogP) is 2.44. The summed E-state index contributed by atoms with van der Waals surface area (Å²) in [6.07, 6.45) is 4.20. The Morgan fingerprint density at radius 3 is 2.71 bits per heavy atom. The highest BCUT2D eigenvalue weighted by atomic mass is 16.7. The van der Waals surface area contributed by atoms with Crippen molar-refractivity contribution in [1.82, 2.24) is 4.90 Å². The van der Waals surface area contributed by atoms with Crippen molar-refractivity contribution in [3.8, 4) is 11.5 Å². The van der Waals surface area contributed by atoms with E-state index >= 15 is 0 Å². The lowest BCUT2D eigenvalue weighted by atomic mass is 9.77. The van der Waals surface area contributed by atoms with Gasteiger partial charge in [0.25, 0.3) is 0 Å². The van der Waals surface area contributed by atoms with Gasteiger partial charge < -0.3 is 28.8 Å². The molecule has 1 aliphatic carbocycles. The van der Waals surface area contributed by atoms with Crippen LogP contribution in [0.5, 0.6) is 11.5 Å². The number of carbonyl (C=O) groups excluding carboxylic acids is 2. The minimum atomic E-state index is -1.98. The Kier molecular flexibility index (Phi) is 6.17. The number of carbonyl (C=O) groups is 2. The lowest BCUT2D eigenvalue weighted by Gasteiger charge is -2.39. The number of esters is 2. The molecule has 9 nitrogen and oxygen atoms in total. The Hall–Kier alpha value is -2.78. The van der Waals surface area contributed by atoms with Crippen molar-refractivity contribution >= 4 is 11.9 Å². The highest BCUT2D eigenvalue weighted by molar-refractivity contribution is 5.86. The Balaban J connectivity index is 1.56. The first-order valence-corrected chi connectivity index (χ1v) is 12.3. The van der Waals surface area contributed by atoms with Gasteiger partial charge in [-0.15, -0.1) is 0 Å². The van der Waals surface area contributed by atoms with Crippen LogP contribution in [-0.2, 0) is 30.2 Å². The summed E-state index contributed by atoms with van der Waals surface area (Å²) in [5, 5.41) is 11.2. The first-order valence-electron chi connectivity index (χ1n) is 12.3. The van der Waals surface area contributed by atoms with Crippen LogP contribution in [0.1, 0.15) is 56.1 Å². The molecule has 35 heavy (non-hydrogen) atoms. The molecule has 3 heterocycles. The second-order valence-corrected chi connectivity index (χ2v) is 9.83. The van der Waals surface area contributed by atoms with Crippen molar-refractivity contribution in [2.24, 2.45) is 0 Å². The molecule has 1 fully saturated rings. The van der Waals surface area contributed by atoms with E-state index in [1.165, 1.54) is 7.11 Å². The smallest absolute Gasteiger partial charge is 0.339 e. The number of aliphatic hydroxyl groups is 1. The van der Waals surface area contributed by atoms with Gasteiger partial charge in [0.15, 0.2) is 23.2 Å². The fourth-order valence-corrected chi connectivity index (χ4v) is 6.31. The van der Waals surface area contributed by atoms with E-state index in [4.69, 9.17) is 23.7 Å². The Labute approximate surface area is 204 Å². The number of hydrogen-bond acceptors (Lipinski definition) is 9. The molecule has 0 amide bonds. The van der Waals surface area contributed by atoms with Gasteiger partial charge in [0.05, 0.1) is 32.1 Å². The van der Waals surface area contributed by atoms with Gasteiger partial charge >= 0.3 is 11.9 Å². The van der Waals surface area contributed by atoms with E-state index in [1.807, 2.05) is 19.1 Å². The van der Waals surface area contributed by atoms with Crippen molar-refractivity contribution in [2.75, 3.05) is 34.1 Å². The summed E-state index contributed by atoms with van der Waals surface area (Å²) in [6.45, 7) is 3.81. The summed E-state index contributed by atoms with van der Waals surface area (Å²) in [4.78, 5) is 27.9. The lowest BCUT2D eigenvalue weighted by Crippen LogP contribution is -2.49. The fraction of sp³-hybridized carbons (Fsp3) is 0.615. The average Bonchev–Trinajstić information content (AvgIpc) is 3.52. The van der Waals surface area contributed by atoms with Gasteiger partial charge in [0.1, 0.15) is 5.76 Å². The zero-order valence-electron chi connectivity index (χ0n) is 20.5. The largest absolute Gasteiger partial charge is 0.497 e. The summed E-state index contributed by atoms with van der Waals surface area (Å²) in [5.74, 6) is 0.192. The number of ether oxygens (including phenoxy) is 5. The zero-order valence-corrected chi connectivity index (χ0v) is 20.5. The van der Waals surface area contributed by atoms with Crippen LogP contribution in [0.2, 0.25) is 0 Å². The van der Waals surface area contributed by atoms with Crippen LogP contribution >= 0.6 is 0 Å². The van der Waals surface area contributed by atoms with E-state index in [0.717, 1.165) is 49.2 Å². The van der Waals surface area contributed by atoms with Crippen molar-refractivity contribution in [1.29, 1.82) is 0 Å². The van der Waals surface area contributed by atoms with E-state index in [9.17, 15) is 14.7 Å². The lowest BCUT2D eigenvalue weighted by molar-refractivity contribution is -0.178. The molecule has 1 saturated heterocycles. The second-order valence-electron chi connectivity index (χ2n) is 9.83. The second kappa shape index (κ2) is 9.02. The highest BCUT2D eigenvalue weighted by Crippen LogP contribution is 2.55. The van der Waals surface area contributed by atoms with E-state index in [1.54, 1.807) is 7.11 Å². The van der Waals surface area contributed by atoms with E-state index in [0.29, 0.717) is 17.9 Å². The van der Waals surface area contributed by atoms with Crippen LogP contribution < -0.4 is 9.47 Å². The summed E-state index contributed by atoms with van der Waals surface area (Å²) < 4.78 is 27.9. The molecule has 1 aromatic rings. The molecular formula is C26H33NO8. The number of benzene rings is 1. The molecule has 4 atom stereocenters. The van der Waals surface area contributed by atoms with E-state index in [-0.39, 0.29) is 24.7 Å². The third-order valence-electron chi connectivity index (χ3n) is 7.91. The van der Waals surface area contributed by atoms with Crippen LogP contribution in [-0.4, -0.2) is 73.3 Å². The monoisotopic (exact) mass is 487 g/mol. The minimum absolute atomic E-state index is 0.0802. The SMILES string of the molecule is CCCC(O)(CC(=O)OC)C(=O)O[C@@H]1C(OC)=CC23CCCN2CCc2cc4c(cc2[C@H]13)OCO4.